The van der Waals surface area contributed by atoms with Crippen molar-refractivity contribution in [2.24, 2.45) is 0 Å². The van der Waals surface area contributed by atoms with Crippen LogP contribution in [0.25, 0.3) is 0 Å². The molecule has 0 radical (unpaired) electrons. The molecule has 1 unspecified atom stereocenters. The molecule has 0 N–H and O–H groups in total. The molecule has 2 aliphatic rings. The van der Waals surface area contributed by atoms with Gasteiger partial charge in [-0.15, -0.1) is 0 Å². The highest BCUT2D eigenvalue weighted by Gasteiger charge is 2.40. The van der Waals surface area contributed by atoms with Gasteiger partial charge in [-0.05, 0) is 25.3 Å². The van der Waals surface area contributed by atoms with Gasteiger partial charge in [-0.3, -0.25) is 9.59 Å². The Bertz CT molecular complexity index is 598. The maximum atomic E-state index is 12.2. The number of benzene rings is 1. The molecule has 1 atom stereocenters. The second-order valence-corrected chi connectivity index (χ2v) is 4.89. The van der Waals surface area contributed by atoms with Crippen LogP contribution in [0.4, 0.5) is 0 Å². The summed E-state index contributed by atoms with van der Waals surface area (Å²) in [6.45, 7) is 1.97. The van der Waals surface area contributed by atoms with E-state index < -0.39 is 5.91 Å². The van der Waals surface area contributed by atoms with E-state index in [-0.39, 0.29) is 11.8 Å². The lowest BCUT2D eigenvalue weighted by atomic mass is 10.0. The molecule has 3 rings (SSSR count). The number of carbonyl (C=O) groups excluding carboxylic acids is 2. The first-order valence-electron chi connectivity index (χ1n) is 6.52. The number of allylic oxidation sites excluding steroid dienone is 3. The highest BCUT2D eigenvalue weighted by atomic mass is 16.2. The van der Waals surface area contributed by atoms with Crippen molar-refractivity contribution in [3.05, 3.63) is 59.3 Å². The van der Waals surface area contributed by atoms with Gasteiger partial charge < -0.3 is 4.90 Å². The van der Waals surface area contributed by atoms with Gasteiger partial charge in [0.1, 0.15) is 0 Å². The number of ketones is 1. The monoisotopic (exact) mass is 253 g/mol. The molecule has 1 heterocycles. The molecule has 0 fully saturated rings. The van der Waals surface area contributed by atoms with Crippen molar-refractivity contribution in [1.82, 2.24) is 4.90 Å². The topological polar surface area (TPSA) is 37.4 Å². The molecule has 0 saturated heterocycles. The van der Waals surface area contributed by atoms with Crippen LogP contribution in [-0.4, -0.2) is 16.6 Å². The van der Waals surface area contributed by atoms with E-state index in [0.29, 0.717) is 5.57 Å². The highest BCUT2D eigenvalue weighted by molar-refractivity contribution is 6.46. The minimum Gasteiger partial charge on any atom is -0.301 e. The SMILES string of the molecule is CC(c1ccccc1)N1C(=O)C(=O)C2=C1CCC=C2. The van der Waals surface area contributed by atoms with Gasteiger partial charge in [-0.1, -0.05) is 42.5 Å². The Morgan fingerprint density at radius 2 is 1.89 bits per heavy atom. The van der Waals surface area contributed by atoms with Gasteiger partial charge in [0.05, 0.1) is 6.04 Å². The Labute approximate surface area is 112 Å². The molecule has 19 heavy (non-hydrogen) atoms. The maximum Gasteiger partial charge on any atom is 0.299 e. The van der Waals surface area contributed by atoms with Gasteiger partial charge in [0.25, 0.3) is 11.7 Å². The van der Waals surface area contributed by atoms with Gasteiger partial charge in [0.15, 0.2) is 0 Å². The van der Waals surface area contributed by atoms with Crippen molar-refractivity contribution in [3.8, 4) is 0 Å². The minimum absolute atomic E-state index is 0.100. The summed E-state index contributed by atoms with van der Waals surface area (Å²) in [5, 5.41) is 0. The lowest BCUT2D eigenvalue weighted by molar-refractivity contribution is -0.140. The molecule has 1 aliphatic heterocycles. The van der Waals surface area contributed by atoms with Crippen LogP contribution in [0, 0.1) is 0 Å². The number of hydrogen-bond acceptors (Lipinski definition) is 2. The molecule has 1 aromatic rings. The second-order valence-electron chi connectivity index (χ2n) is 4.89. The fourth-order valence-corrected chi connectivity index (χ4v) is 2.75. The van der Waals surface area contributed by atoms with Gasteiger partial charge >= 0.3 is 0 Å². The van der Waals surface area contributed by atoms with Gasteiger partial charge in [-0.25, -0.2) is 0 Å². The van der Waals surface area contributed by atoms with Gasteiger partial charge in [0, 0.05) is 11.3 Å². The Morgan fingerprint density at radius 1 is 1.16 bits per heavy atom. The zero-order chi connectivity index (χ0) is 13.4. The van der Waals surface area contributed by atoms with Crippen molar-refractivity contribution < 1.29 is 9.59 Å². The molecule has 0 aromatic heterocycles. The molecule has 3 heteroatoms. The normalized spacial score (nSPS) is 19.9. The Morgan fingerprint density at radius 3 is 2.63 bits per heavy atom. The molecular weight excluding hydrogens is 238 g/mol. The average molecular weight is 253 g/mol. The largest absolute Gasteiger partial charge is 0.301 e. The predicted molar refractivity (Wildman–Crippen MR) is 72.1 cm³/mol. The molecule has 1 amide bonds. The molecule has 0 spiro atoms. The first-order valence-corrected chi connectivity index (χ1v) is 6.52. The van der Waals surface area contributed by atoms with Crippen molar-refractivity contribution in [1.29, 1.82) is 0 Å². The summed E-state index contributed by atoms with van der Waals surface area (Å²) in [6, 6.07) is 9.71. The van der Waals surface area contributed by atoms with Crippen molar-refractivity contribution in [2.45, 2.75) is 25.8 Å². The first kappa shape index (κ1) is 11.9. The quantitative estimate of drug-likeness (QED) is 0.760. The van der Waals surface area contributed by atoms with E-state index in [2.05, 4.69) is 0 Å². The maximum absolute atomic E-state index is 12.2. The minimum atomic E-state index is -0.395. The summed E-state index contributed by atoms with van der Waals surface area (Å²) < 4.78 is 0. The number of rotatable bonds is 2. The highest BCUT2D eigenvalue weighted by Crippen LogP contribution is 2.36. The fourth-order valence-electron chi connectivity index (χ4n) is 2.75. The predicted octanol–water partition coefficient (Wildman–Crippen LogP) is 2.76. The number of nitrogens with zero attached hydrogens (tertiary/aromatic N) is 1. The average Bonchev–Trinajstić information content (AvgIpc) is 2.72. The van der Waals surface area contributed by atoms with E-state index in [1.54, 1.807) is 11.0 Å². The van der Waals surface area contributed by atoms with Crippen LogP contribution >= 0.6 is 0 Å². The zero-order valence-electron chi connectivity index (χ0n) is 10.8. The van der Waals surface area contributed by atoms with Crippen molar-refractivity contribution >= 4 is 11.7 Å². The number of hydrogen-bond donors (Lipinski definition) is 0. The van der Waals surface area contributed by atoms with Crippen LogP contribution in [0.3, 0.4) is 0 Å². The van der Waals surface area contributed by atoms with Crippen LogP contribution in [0.15, 0.2) is 53.8 Å². The third-order valence-electron chi connectivity index (χ3n) is 3.76. The van der Waals surface area contributed by atoms with Crippen LogP contribution < -0.4 is 0 Å². The van der Waals surface area contributed by atoms with E-state index in [1.165, 1.54) is 0 Å². The smallest absolute Gasteiger partial charge is 0.299 e. The van der Waals surface area contributed by atoms with E-state index >= 15 is 0 Å². The van der Waals surface area contributed by atoms with Gasteiger partial charge in [-0.2, -0.15) is 0 Å². The van der Waals surface area contributed by atoms with Crippen molar-refractivity contribution in [3.63, 3.8) is 0 Å². The van der Waals surface area contributed by atoms with E-state index in [9.17, 15) is 9.59 Å². The number of amides is 1. The van der Waals surface area contributed by atoms with Crippen LogP contribution in [0.5, 0.6) is 0 Å². The summed E-state index contributed by atoms with van der Waals surface area (Å²) in [4.78, 5) is 25.8. The molecule has 1 aliphatic carbocycles. The van der Waals surface area contributed by atoms with E-state index in [0.717, 1.165) is 24.1 Å². The summed E-state index contributed by atoms with van der Waals surface area (Å²) in [5.74, 6) is -0.762. The van der Waals surface area contributed by atoms with Crippen LogP contribution in [0.2, 0.25) is 0 Å². The zero-order valence-corrected chi connectivity index (χ0v) is 10.8. The van der Waals surface area contributed by atoms with E-state index in [1.807, 2.05) is 43.3 Å². The lowest BCUT2D eigenvalue weighted by Gasteiger charge is -2.27. The van der Waals surface area contributed by atoms with Crippen LogP contribution in [0.1, 0.15) is 31.4 Å². The summed E-state index contributed by atoms with van der Waals surface area (Å²) in [6.07, 6.45) is 5.40. The first-order chi connectivity index (χ1) is 9.20. The Balaban J connectivity index is 2.01. The molecular formula is C16H15NO2. The lowest BCUT2D eigenvalue weighted by Crippen LogP contribution is -2.31. The Hall–Kier alpha value is -2.16. The summed E-state index contributed by atoms with van der Waals surface area (Å²) >= 11 is 0. The molecule has 0 saturated carbocycles. The fraction of sp³-hybridized carbons (Fsp3) is 0.250. The summed E-state index contributed by atoms with van der Waals surface area (Å²) in [5.41, 5.74) is 2.51. The third kappa shape index (κ3) is 1.82. The molecule has 3 nitrogen and oxygen atoms in total. The van der Waals surface area contributed by atoms with E-state index in [4.69, 9.17) is 0 Å². The second kappa shape index (κ2) is 4.50. The molecule has 1 aromatic carbocycles. The Kier molecular flexibility index (Phi) is 2.82. The molecule has 0 bridgehead atoms. The van der Waals surface area contributed by atoms with Crippen LogP contribution in [-0.2, 0) is 9.59 Å². The number of carbonyl (C=O) groups is 2. The summed E-state index contributed by atoms with van der Waals surface area (Å²) in [7, 11) is 0. The molecule has 96 valence electrons. The third-order valence-corrected chi connectivity index (χ3v) is 3.76. The number of Topliss-reactive ketones (excluding diaryl/α,β-unsaturated/α-hetero) is 1. The van der Waals surface area contributed by atoms with Crippen molar-refractivity contribution in [2.75, 3.05) is 0 Å². The van der Waals surface area contributed by atoms with Gasteiger partial charge in [0.2, 0.25) is 0 Å². The standard InChI is InChI=1S/C16H15NO2/c1-11(12-7-3-2-4-8-12)17-14-10-6-5-9-13(14)15(18)16(17)19/h2-5,7-9,11H,6,10H2,1H3.